The zero-order valence-electron chi connectivity index (χ0n) is 16.2. The third kappa shape index (κ3) is 3.86. The summed E-state index contributed by atoms with van der Waals surface area (Å²) in [4.78, 5) is 52.6. The Morgan fingerprint density at radius 3 is 2.52 bits per heavy atom. The monoisotopic (exact) mass is 417 g/mol. The van der Waals surface area contributed by atoms with Crippen molar-refractivity contribution in [2.45, 2.75) is 26.3 Å². The van der Waals surface area contributed by atoms with E-state index in [-0.39, 0.29) is 41.1 Å². The topological polar surface area (TPSA) is 108 Å². The first kappa shape index (κ1) is 20.5. The van der Waals surface area contributed by atoms with E-state index in [4.69, 9.17) is 11.6 Å². The Labute approximate surface area is 170 Å². The number of amides is 1. The third-order valence-electron chi connectivity index (χ3n) is 4.67. The molecule has 10 heteroatoms. The summed E-state index contributed by atoms with van der Waals surface area (Å²) in [5.74, 6) is -0.404. The second-order valence-electron chi connectivity index (χ2n) is 6.66. The number of benzene rings is 1. The van der Waals surface area contributed by atoms with E-state index >= 15 is 0 Å². The Bertz CT molecular complexity index is 1240. The Kier molecular flexibility index (Phi) is 5.69. The molecule has 1 amide bonds. The van der Waals surface area contributed by atoms with Gasteiger partial charge in [-0.15, -0.1) is 0 Å². The first-order valence-electron chi connectivity index (χ1n) is 8.94. The van der Waals surface area contributed by atoms with E-state index in [9.17, 15) is 19.2 Å². The molecule has 0 atom stereocenters. The molecule has 0 radical (unpaired) electrons. The average molecular weight is 418 g/mol. The summed E-state index contributed by atoms with van der Waals surface area (Å²) in [6.07, 6.45) is 0.527. The molecule has 29 heavy (non-hydrogen) atoms. The number of imidazole rings is 1. The lowest BCUT2D eigenvalue weighted by atomic mass is 10.1. The number of para-hydroxylation sites is 1. The van der Waals surface area contributed by atoms with Crippen molar-refractivity contribution in [3.63, 3.8) is 0 Å². The normalized spacial score (nSPS) is 11.0. The van der Waals surface area contributed by atoms with Crippen LogP contribution in [0.2, 0.25) is 5.28 Å². The van der Waals surface area contributed by atoms with Crippen LogP contribution in [0, 0.1) is 0 Å². The number of carbonyl (C=O) groups excluding carboxylic acids is 2. The van der Waals surface area contributed by atoms with Crippen molar-refractivity contribution >= 4 is 40.1 Å². The number of halogens is 1. The van der Waals surface area contributed by atoms with Gasteiger partial charge in [-0.3, -0.25) is 23.5 Å². The Hall–Kier alpha value is -3.20. The zero-order valence-corrected chi connectivity index (χ0v) is 17.0. The van der Waals surface area contributed by atoms with Gasteiger partial charge >= 0.3 is 5.69 Å². The first-order chi connectivity index (χ1) is 13.7. The summed E-state index contributed by atoms with van der Waals surface area (Å²) in [7, 11) is 2.90. The minimum atomic E-state index is -0.498. The molecule has 0 fully saturated rings. The molecule has 0 aliphatic heterocycles. The van der Waals surface area contributed by atoms with Crippen LogP contribution in [0.1, 0.15) is 30.1 Å². The summed E-state index contributed by atoms with van der Waals surface area (Å²) in [6, 6.07) is 6.78. The van der Waals surface area contributed by atoms with Crippen LogP contribution < -0.4 is 16.6 Å². The fraction of sp³-hybridized carbons (Fsp3) is 0.316. The third-order valence-corrected chi connectivity index (χ3v) is 4.96. The van der Waals surface area contributed by atoms with Crippen LogP contribution in [0.4, 0.5) is 5.69 Å². The maximum atomic E-state index is 12.5. The van der Waals surface area contributed by atoms with Crippen molar-refractivity contribution in [1.29, 1.82) is 0 Å². The molecule has 0 saturated heterocycles. The van der Waals surface area contributed by atoms with Crippen LogP contribution in [0.5, 0.6) is 0 Å². The number of aromatic nitrogens is 4. The lowest BCUT2D eigenvalue weighted by molar-refractivity contribution is -0.116. The van der Waals surface area contributed by atoms with Gasteiger partial charge in [-0.05, 0) is 37.1 Å². The maximum absolute atomic E-state index is 12.5. The van der Waals surface area contributed by atoms with Gasteiger partial charge in [0, 0.05) is 32.6 Å². The van der Waals surface area contributed by atoms with Gasteiger partial charge in [0.05, 0.1) is 5.69 Å². The van der Waals surface area contributed by atoms with Gasteiger partial charge in [0.25, 0.3) is 5.56 Å². The van der Waals surface area contributed by atoms with Crippen molar-refractivity contribution in [3.05, 3.63) is 56.0 Å². The molecule has 0 saturated carbocycles. The molecule has 2 heterocycles. The van der Waals surface area contributed by atoms with E-state index < -0.39 is 11.2 Å². The van der Waals surface area contributed by atoms with E-state index in [2.05, 4.69) is 10.3 Å². The van der Waals surface area contributed by atoms with Crippen LogP contribution in [0.25, 0.3) is 11.2 Å². The summed E-state index contributed by atoms with van der Waals surface area (Å²) in [5, 5.41) is 2.80. The standard InChI is InChI=1S/C19H20ClN5O4/c1-11(26)12-7-4-5-8-13(12)21-14(27)9-6-10-25-15-16(22-18(25)20)23(2)19(29)24(3)17(15)28/h4-5,7-8H,6,9-10H2,1-3H3,(H,21,27). The van der Waals surface area contributed by atoms with Gasteiger partial charge in [0.2, 0.25) is 11.2 Å². The molecule has 0 spiro atoms. The number of rotatable bonds is 6. The minimum Gasteiger partial charge on any atom is -0.325 e. The zero-order chi connectivity index (χ0) is 21.3. The SMILES string of the molecule is CC(=O)c1ccccc1NC(=O)CCCn1c(Cl)nc2c1c(=O)n(C)c(=O)n2C. The lowest BCUT2D eigenvalue weighted by Gasteiger charge is -2.10. The second-order valence-corrected chi connectivity index (χ2v) is 7.00. The van der Waals surface area contributed by atoms with Crippen LogP contribution in [0.15, 0.2) is 33.9 Å². The highest BCUT2D eigenvalue weighted by molar-refractivity contribution is 6.29. The van der Waals surface area contributed by atoms with E-state index in [1.165, 1.54) is 30.2 Å². The molecule has 152 valence electrons. The summed E-state index contributed by atoms with van der Waals surface area (Å²) in [5.41, 5.74) is 0.313. The number of aryl methyl sites for hydroxylation is 2. The van der Waals surface area contributed by atoms with Gasteiger partial charge in [-0.2, -0.15) is 4.98 Å². The molecule has 0 bridgehead atoms. The number of carbonyl (C=O) groups is 2. The van der Waals surface area contributed by atoms with Crippen molar-refractivity contribution in [2.75, 3.05) is 5.32 Å². The van der Waals surface area contributed by atoms with E-state index in [0.717, 1.165) is 4.57 Å². The number of hydrogen-bond donors (Lipinski definition) is 1. The Morgan fingerprint density at radius 1 is 1.14 bits per heavy atom. The van der Waals surface area contributed by atoms with Crippen molar-refractivity contribution < 1.29 is 9.59 Å². The molecule has 9 nitrogen and oxygen atoms in total. The minimum absolute atomic E-state index is 0.0700. The highest BCUT2D eigenvalue weighted by atomic mass is 35.5. The van der Waals surface area contributed by atoms with Gasteiger partial charge < -0.3 is 9.88 Å². The maximum Gasteiger partial charge on any atom is 0.332 e. The van der Waals surface area contributed by atoms with Crippen LogP contribution in [0.3, 0.4) is 0 Å². The second kappa shape index (κ2) is 8.04. The molecule has 1 N–H and O–H groups in total. The number of anilines is 1. The molecule has 0 aliphatic carbocycles. The largest absolute Gasteiger partial charge is 0.332 e. The van der Waals surface area contributed by atoms with Crippen LogP contribution in [-0.4, -0.2) is 30.4 Å². The number of nitrogens with zero attached hydrogens (tertiary/aromatic N) is 4. The van der Waals surface area contributed by atoms with E-state index in [1.54, 1.807) is 24.3 Å². The van der Waals surface area contributed by atoms with Gasteiger partial charge in [0.1, 0.15) is 0 Å². The molecule has 0 unspecified atom stereocenters. The number of fused-ring (bicyclic) bond motifs is 1. The van der Waals surface area contributed by atoms with Gasteiger partial charge in [-0.25, -0.2) is 4.79 Å². The van der Waals surface area contributed by atoms with E-state index in [1.807, 2.05) is 0 Å². The predicted molar refractivity (Wildman–Crippen MR) is 110 cm³/mol. The lowest BCUT2D eigenvalue weighted by Crippen LogP contribution is -2.37. The molecule has 3 aromatic rings. The smallest absolute Gasteiger partial charge is 0.325 e. The fourth-order valence-corrected chi connectivity index (χ4v) is 3.38. The van der Waals surface area contributed by atoms with Crippen LogP contribution >= 0.6 is 11.6 Å². The fourth-order valence-electron chi connectivity index (χ4n) is 3.13. The van der Waals surface area contributed by atoms with Gasteiger partial charge in [-0.1, -0.05) is 12.1 Å². The quantitative estimate of drug-likeness (QED) is 0.485. The van der Waals surface area contributed by atoms with Crippen molar-refractivity contribution in [2.24, 2.45) is 14.1 Å². The van der Waals surface area contributed by atoms with Crippen LogP contribution in [-0.2, 0) is 25.4 Å². The van der Waals surface area contributed by atoms with E-state index in [0.29, 0.717) is 17.7 Å². The molecule has 1 aromatic carbocycles. The molecular formula is C19H20ClN5O4. The number of Topliss-reactive ketones (excluding diaryl/α,β-unsaturated/α-hetero) is 1. The summed E-state index contributed by atoms with van der Waals surface area (Å²) >= 11 is 6.17. The number of nitrogens with one attached hydrogen (secondary N) is 1. The molecular weight excluding hydrogens is 398 g/mol. The van der Waals surface area contributed by atoms with Crippen molar-refractivity contribution in [1.82, 2.24) is 18.7 Å². The number of hydrogen-bond acceptors (Lipinski definition) is 5. The Balaban J connectivity index is 1.76. The number of ketones is 1. The first-order valence-corrected chi connectivity index (χ1v) is 9.31. The highest BCUT2D eigenvalue weighted by Gasteiger charge is 2.18. The van der Waals surface area contributed by atoms with Gasteiger partial charge in [0.15, 0.2) is 16.9 Å². The summed E-state index contributed by atoms with van der Waals surface area (Å²) < 4.78 is 3.74. The molecule has 2 aromatic heterocycles. The summed E-state index contributed by atoms with van der Waals surface area (Å²) in [6.45, 7) is 1.70. The molecule has 0 aliphatic rings. The average Bonchev–Trinajstić information content (AvgIpc) is 3.01. The predicted octanol–water partition coefficient (Wildman–Crippen LogP) is 1.71. The highest BCUT2D eigenvalue weighted by Crippen LogP contribution is 2.18. The Morgan fingerprint density at radius 2 is 1.83 bits per heavy atom. The molecule has 3 rings (SSSR count). The van der Waals surface area contributed by atoms with Crippen molar-refractivity contribution in [3.8, 4) is 0 Å².